The molecule has 104 valence electrons. The number of rotatable bonds is 2. The van der Waals surface area contributed by atoms with Crippen LogP contribution in [0.15, 0.2) is 22.7 Å². The molecule has 0 heterocycles. The lowest BCUT2D eigenvalue weighted by Crippen LogP contribution is -2.46. The molecule has 0 saturated heterocycles. The zero-order valence-electron chi connectivity index (χ0n) is 8.44. The summed E-state index contributed by atoms with van der Waals surface area (Å²) in [5.41, 5.74) is 3.90. The largest absolute Gasteiger partial charge is 0.455 e. The van der Waals surface area contributed by atoms with Gasteiger partial charge in [-0.15, -0.1) is 12.4 Å². The van der Waals surface area contributed by atoms with Crippen LogP contribution in [0.3, 0.4) is 0 Å². The zero-order chi connectivity index (χ0) is 13.4. The van der Waals surface area contributed by atoms with E-state index in [0.717, 1.165) is 18.2 Å². The minimum atomic E-state index is -5.83. The third-order valence-corrected chi connectivity index (χ3v) is 2.70. The summed E-state index contributed by atoms with van der Waals surface area (Å²) in [5, 5.41) is 0. The molecular weight excluding hydrogens is 351 g/mol. The predicted molar refractivity (Wildman–Crippen MR) is 59.3 cm³/mol. The first-order chi connectivity index (χ1) is 7.59. The lowest BCUT2D eigenvalue weighted by molar-refractivity contribution is -0.291. The van der Waals surface area contributed by atoms with Gasteiger partial charge in [-0.05, 0) is 22.0 Å². The van der Waals surface area contributed by atoms with E-state index in [9.17, 15) is 26.3 Å². The van der Waals surface area contributed by atoms with Gasteiger partial charge in [0.2, 0.25) is 0 Å². The molecule has 0 aliphatic rings. The van der Waals surface area contributed by atoms with Gasteiger partial charge in [-0.3, -0.25) is 0 Å². The molecule has 0 fully saturated rings. The molecule has 18 heavy (non-hydrogen) atoms. The van der Waals surface area contributed by atoms with Gasteiger partial charge in [-0.2, -0.15) is 22.0 Å². The molecule has 1 atom stereocenters. The van der Waals surface area contributed by atoms with Crippen LogP contribution in [0.5, 0.6) is 0 Å². The monoisotopic (exact) mass is 357 g/mol. The van der Waals surface area contributed by atoms with Crippen molar-refractivity contribution in [3.05, 3.63) is 34.1 Å². The minimum absolute atomic E-state index is 0. The Balaban J connectivity index is 0.00000289. The maximum absolute atomic E-state index is 13.3. The summed E-state index contributed by atoms with van der Waals surface area (Å²) in [5.74, 6) is -6.43. The molecule has 0 unspecified atom stereocenters. The third kappa shape index (κ3) is 3.10. The van der Waals surface area contributed by atoms with E-state index in [0.29, 0.717) is 0 Å². The van der Waals surface area contributed by atoms with E-state index >= 15 is 0 Å². The maximum atomic E-state index is 13.3. The summed E-state index contributed by atoms with van der Waals surface area (Å²) in [6.45, 7) is 0. The molecule has 1 rings (SSSR count). The quantitative estimate of drug-likeness (QED) is 0.788. The second-order valence-electron chi connectivity index (χ2n) is 3.24. The Labute approximate surface area is 113 Å². The van der Waals surface area contributed by atoms with Gasteiger partial charge < -0.3 is 5.73 Å². The zero-order valence-corrected chi connectivity index (χ0v) is 10.8. The molecule has 9 heteroatoms. The Kier molecular flexibility index (Phi) is 5.52. The summed E-state index contributed by atoms with van der Waals surface area (Å²) in [6, 6.07) is 0.274. The van der Waals surface area contributed by atoms with Crippen LogP contribution in [0.4, 0.5) is 26.3 Å². The minimum Gasteiger partial charge on any atom is -0.319 e. The van der Waals surface area contributed by atoms with Crippen molar-refractivity contribution in [2.45, 2.75) is 18.1 Å². The highest BCUT2D eigenvalue weighted by atomic mass is 79.9. The smallest absolute Gasteiger partial charge is 0.319 e. The van der Waals surface area contributed by atoms with Gasteiger partial charge in [0.05, 0.1) is 4.47 Å². The van der Waals surface area contributed by atoms with E-state index in [2.05, 4.69) is 15.9 Å². The lowest BCUT2D eigenvalue weighted by Gasteiger charge is -2.26. The molecule has 0 spiro atoms. The molecule has 1 aromatic carbocycles. The van der Waals surface area contributed by atoms with Crippen LogP contribution in [0.25, 0.3) is 0 Å². The van der Waals surface area contributed by atoms with Crippen LogP contribution in [-0.4, -0.2) is 12.1 Å². The van der Waals surface area contributed by atoms with Crippen LogP contribution in [0.1, 0.15) is 11.6 Å². The maximum Gasteiger partial charge on any atom is 0.455 e. The number of hydrogen-bond acceptors (Lipinski definition) is 1. The second-order valence-corrected chi connectivity index (χ2v) is 4.10. The van der Waals surface area contributed by atoms with Crippen molar-refractivity contribution in [1.29, 1.82) is 0 Å². The molecule has 0 aliphatic carbocycles. The summed E-state index contributed by atoms with van der Waals surface area (Å²) in [6.07, 6.45) is -5.83. The Morgan fingerprint density at radius 2 is 1.61 bits per heavy atom. The van der Waals surface area contributed by atoms with Crippen molar-refractivity contribution in [2.75, 3.05) is 0 Å². The van der Waals surface area contributed by atoms with Gasteiger partial charge in [0.1, 0.15) is 11.9 Å². The Morgan fingerprint density at radius 3 is 2.06 bits per heavy atom. The number of hydrogen-bond donors (Lipinski definition) is 1. The van der Waals surface area contributed by atoms with Crippen LogP contribution >= 0.6 is 28.3 Å². The fourth-order valence-corrected chi connectivity index (χ4v) is 1.51. The first-order valence-corrected chi connectivity index (χ1v) is 5.02. The van der Waals surface area contributed by atoms with Crippen LogP contribution in [0, 0.1) is 5.82 Å². The van der Waals surface area contributed by atoms with Crippen LogP contribution in [0.2, 0.25) is 0 Å². The second kappa shape index (κ2) is 5.66. The Bertz CT molecular complexity index is 422. The molecule has 1 aromatic rings. The molecule has 2 N–H and O–H groups in total. The fraction of sp³-hybridized carbons (Fsp3) is 0.333. The first kappa shape index (κ1) is 17.5. The molecule has 0 bridgehead atoms. The van der Waals surface area contributed by atoms with Crippen LogP contribution < -0.4 is 5.73 Å². The summed E-state index contributed by atoms with van der Waals surface area (Å²) < 4.78 is 75.0. The molecule has 1 nitrogen and oxygen atoms in total. The average molecular weight is 359 g/mol. The standard InChI is InChI=1S/C9H6BrF6N.ClH/c10-5-3-1-2-4(6(5)11)7(17)8(12,13)9(14,15)16;/h1-3,7H,17H2;1H/t7-;/m0./s1. The van der Waals surface area contributed by atoms with E-state index < -0.39 is 29.5 Å². The highest BCUT2D eigenvalue weighted by molar-refractivity contribution is 9.10. The first-order valence-electron chi connectivity index (χ1n) is 4.23. The Morgan fingerprint density at radius 1 is 1.11 bits per heavy atom. The number of benzene rings is 1. The topological polar surface area (TPSA) is 26.0 Å². The lowest BCUT2D eigenvalue weighted by atomic mass is 10.0. The van der Waals surface area contributed by atoms with Crippen molar-refractivity contribution in [3.8, 4) is 0 Å². The third-order valence-electron chi connectivity index (χ3n) is 2.09. The summed E-state index contributed by atoms with van der Waals surface area (Å²) >= 11 is 2.67. The van der Waals surface area contributed by atoms with Crippen LogP contribution in [-0.2, 0) is 0 Å². The van der Waals surface area contributed by atoms with E-state index in [1.807, 2.05) is 0 Å². The SMILES string of the molecule is Cl.N[C@@H](c1cccc(Br)c1F)C(F)(F)C(F)(F)F. The summed E-state index contributed by atoms with van der Waals surface area (Å²) in [4.78, 5) is 0. The summed E-state index contributed by atoms with van der Waals surface area (Å²) in [7, 11) is 0. The number of nitrogens with two attached hydrogens (primary N) is 1. The van der Waals surface area contributed by atoms with E-state index in [1.54, 1.807) is 0 Å². The molecule has 0 aliphatic heterocycles. The number of halogens is 8. The van der Waals surface area contributed by atoms with Gasteiger partial charge >= 0.3 is 12.1 Å². The van der Waals surface area contributed by atoms with Crippen molar-refractivity contribution in [2.24, 2.45) is 5.73 Å². The van der Waals surface area contributed by atoms with Gasteiger partial charge in [-0.25, -0.2) is 4.39 Å². The van der Waals surface area contributed by atoms with E-state index in [4.69, 9.17) is 5.73 Å². The highest BCUT2D eigenvalue weighted by Gasteiger charge is 2.62. The van der Waals surface area contributed by atoms with Crippen molar-refractivity contribution in [1.82, 2.24) is 0 Å². The normalized spacial score (nSPS) is 14.0. The van der Waals surface area contributed by atoms with Crippen molar-refractivity contribution in [3.63, 3.8) is 0 Å². The van der Waals surface area contributed by atoms with Gasteiger partial charge in [0.15, 0.2) is 0 Å². The van der Waals surface area contributed by atoms with Gasteiger partial charge in [0, 0.05) is 5.56 Å². The van der Waals surface area contributed by atoms with E-state index in [-0.39, 0.29) is 16.9 Å². The van der Waals surface area contributed by atoms with E-state index in [1.165, 1.54) is 0 Å². The molecule has 0 amide bonds. The Hall–Kier alpha value is -0.470. The fourth-order valence-electron chi connectivity index (χ4n) is 1.13. The number of alkyl halides is 5. The predicted octanol–water partition coefficient (Wildman–Crippen LogP) is 4.21. The highest BCUT2D eigenvalue weighted by Crippen LogP contribution is 2.44. The van der Waals surface area contributed by atoms with Crippen molar-refractivity contribution >= 4 is 28.3 Å². The van der Waals surface area contributed by atoms with Gasteiger partial charge in [-0.1, -0.05) is 12.1 Å². The molecular formula is C9H7BrClF6N. The molecule has 0 radical (unpaired) electrons. The molecule has 0 aromatic heterocycles. The van der Waals surface area contributed by atoms with Crippen molar-refractivity contribution < 1.29 is 26.3 Å². The molecule has 0 saturated carbocycles. The van der Waals surface area contributed by atoms with Gasteiger partial charge in [0.25, 0.3) is 0 Å². The average Bonchev–Trinajstić information content (AvgIpc) is 2.19.